The van der Waals surface area contributed by atoms with Crippen LogP contribution < -0.4 is 10.6 Å². The van der Waals surface area contributed by atoms with Crippen LogP contribution in [-0.4, -0.2) is 35.3 Å². The van der Waals surface area contributed by atoms with Crippen molar-refractivity contribution >= 4 is 23.3 Å². The Balaban J connectivity index is 2.34. The summed E-state index contributed by atoms with van der Waals surface area (Å²) in [4.78, 5) is 23.3. The summed E-state index contributed by atoms with van der Waals surface area (Å²) in [5.74, 6) is -0.494. The van der Waals surface area contributed by atoms with Crippen molar-refractivity contribution in [3.8, 4) is 0 Å². The molecule has 0 aromatic carbocycles. The Bertz CT molecular complexity index is 468. The molecule has 1 aromatic heterocycles. The first-order valence-electron chi connectivity index (χ1n) is 6.66. The summed E-state index contributed by atoms with van der Waals surface area (Å²) < 4.78 is 5.11. The van der Waals surface area contributed by atoms with Crippen molar-refractivity contribution in [1.82, 2.24) is 10.6 Å². The van der Waals surface area contributed by atoms with Crippen LogP contribution in [0.4, 0.5) is 4.79 Å². The summed E-state index contributed by atoms with van der Waals surface area (Å²) in [6, 6.07) is 1.38. The number of nitrogens with one attached hydrogen (secondary N) is 2. The zero-order valence-electron chi connectivity index (χ0n) is 12.7. The summed E-state index contributed by atoms with van der Waals surface area (Å²) in [5, 5.41) is 18.5. The molecule has 21 heavy (non-hydrogen) atoms. The van der Waals surface area contributed by atoms with E-state index in [1.54, 1.807) is 44.5 Å². The zero-order valence-corrected chi connectivity index (χ0v) is 13.5. The zero-order chi connectivity index (χ0) is 16.0. The van der Waals surface area contributed by atoms with Crippen molar-refractivity contribution in [2.75, 3.05) is 6.54 Å². The van der Waals surface area contributed by atoms with E-state index < -0.39 is 23.7 Å². The Morgan fingerprint density at radius 3 is 2.62 bits per heavy atom. The standard InChI is InChI=1S/C14H22N2O4S/c1-9(16-13(19)20-14(2,3)4)7-15-12(18)11(17)10-5-6-21-8-10/h5-6,8-9,11,17H,7H2,1-4H3,(H,15,18)(H,16,19)/t9-,11+/m1/s1. The quantitative estimate of drug-likeness (QED) is 0.773. The van der Waals surface area contributed by atoms with E-state index in [2.05, 4.69) is 10.6 Å². The number of carbonyl (C=O) groups is 2. The number of hydrogen-bond acceptors (Lipinski definition) is 5. The van der Waals surface area contributed by atoms with E-state index in [0.29, 0.717) is 5.56 Å². The second-order valence-electron chi connectivity index (χ2n) is 5.75. The highest BCUT2D eigenvalue weighted by Crippen LogP contribution is 2.15. The van der Waals surface area contributed by atoms with Gasteiger partial charge >= 0.3 is 6.09 Å². The highest BCUT2D eigenvalue weighted by Gasteiger charge is 2.20. The number of aliphatic hydroxyl groups excluding tert-OH is 1. The van der Waals surface area contributed by atoms with Crippen LogP contribution in [0.2, 0.25) is 0 Å². The van der Waals surface area contributed by atoms with Gasteiger partial charge in [-0.3, -0.25) is 4.79 Å². The number of thiophene rings is 1. The Labute approximate surface area is 128 Å². The normalized spacial score (nSPS) is 14.1. The lowest BCUT2D eigenvalue weighted by Crippen LogP contribution is -2.44. The fourth-order valence-corrected chi connectivity index (χ4v) is 2.17. The molecule has 0 aliphatic rings. The van der Waals surface area contributed by atoms with Crippen molar-refractivity contribution in [3.05, 3.63) is 22.4 Å². The minimum absolute atomic E-state index is 0.208. The number of ether oxygens (including phenoxy) is 1. The second-order valence-corrected chi connectivity index (χ2v) is 6.53. The third kappa shape index (κ3) is 6.59. The number of hydrogen-bond donors (Lipinski definition) is 3. The lowest BCUT2D eigenvalue weighted by Gasteiger charge is -2.22. The molecule has 2 amide bonds. The Morgan fingerprint density at radius 2 is 2.10 bits per heavy atom. The van der Waals surface area contributed by atoms with Crippen LogP contribution in [0, 0.1) is 0 Å². The van der Waals surface area contributed by atoms with E-state index in [1.165, 1.54) is 11.3 Å². The van der Waals surface area contributed by atoms with E-state index in [1.807, 2.05) is 0 Å². The maximum absolute atomic E-state index is 11.8. The van der Waals surface area contributed by atoms with E-state index in [9.17, 15) is 14.7 Å². The molecule has 0 unspecified atom stereocenters. The van der Waals surface area contributed by atoms with Gasteiger partial charge in [0.15, 0.2) is 6.10 Å². The van der Waals surface area contributed by atoms with Gasteiger partial charge in [0.2, 0.25) is 0 Å². The number of aliphatic hydroxyl groups is 1. The molecule has 1 heterocycles. The maximum atomic E-state index is 11.8. The molecule has 3 N–H and O–H groups in total. The fourth-order valence-electron chi connectivity index (χ4n) is 1.49. The molecule has 0 spiro atoms. The van der Waals surface area contributed by atoms with Crippen molar-refractivity contribution in [2.45, 2.75) is 45.4 Å². The summed E-state index contributed by atoms with van der Waals surface area (Å²) >= 11 is 1.41. The fraction of sp³-hybridized carbons (Fsp3) is 0.571. The van der Waals surface area contributed by atoms with Crippen LogP contribution in [-0.2, 0) is 9.53 Å². The van der Waals surface area contributed by atoms with Crippen molar-refractivity contribution in [2.24, 2.45) is 0 Å². The van der Waals surface area contributed by atoms with Crippen LogP contribution >= 0.6 is 11.3 Å². The molecule has 1 aromatic rings. The van der Waals surface area contributed by atoms with Crippen LogP contribution in [0.3, 0.4) is 0 Å². The second kappa shape index (κ2) is 7.42. The van der Waals surface area contributed by atoms with Gasteiger partial charge in [-0.05, 0) is 44.5 Å². The summed E-state index contributed by atoms with van der Waals surface area (Å²) in [6.07, 6.45) is -1.73. The molecular formula is C14H22N2O4S. The molecule has 118 valence electrons. The molecule has 0 fully saturated rings. The predicted octanol–water partition coefficient (Wildman–Crippen LogP) is 1.81. The highest BCUT2D eigenvalue weighted by atomic mass is 32.1. The molecule has 0 bridgehead atoms. The first kappa shape index (κ1) is 17.5. The molecule has 2 atom stereocenters. The van der Waals surface area contributed by atoms with Crippen molar-refractivity contribution < 1.29 is 19.4 Å². The molecule has 6 nitrogen and oxygen atoms in total. The third-order valence-corrected chi connectivity index (χ3v) is 3.15. The molecule has 0 aliphatic carbocycles. The van der Waals surface area contributed by atoms with Gasteiger partial charge in [-0.1, -0.05) is 0 Å². The predicted molar refractivity (Wildman–Crippen MR) is 81.1 cm³/mol. The SMILES string of the molecule is C[C@H](CNC(=O)[C@@H](O)c1ccsc1)NC(=O)OC(C)(C)C. The van der Waals surface area contributed by atoms with Gasteiger partial charge in [0.05, 0.1) is 0 Å². The van der Waals surface area contributed by atoms with E-state index in [4.69, 9.17) is 4.74 Å². The minimum atomic E-state index is -1.19. The average molecular weight is 314 g/mol. The summed E-state index contributed by atoms with van der Waals surface area (Å²) in [6.45, 7) is 7.27. The highest BCUT2D eigenvalue weighted by molar-refractivity contribution is 7.08. The number of alkyl carbamates (subject to hydrolysis) is 1. The van der Waals surface area contributed by atoms with Crippen molar-refractivity contribution in [1.29, 1.82) is 0 Å². The molecule has 0 radical (unpaired) electrons. The molecule has 0 saturated heterocycles. The van der Waals surface area contributed by atoms with Gasteiger partial charge in [-0.15, -0.1) is 0 Å². The minimum Gasteiger partial charge on any atom is -0.444 e. The Kier molecular flexibility index (Phi) is 6.17. The van der Waals surface area contributed by atoms with Gasteiger partial charge in [-0.2, -0.15) is 11.3 Å². The lowest BCUT2D eigenvalue weighted by molar-refractivity contribution is -0.129. The van der Waals surface area contributed by atoms with Crippen molar-refractivity contribution in [3.63, 3.8) is 0 Å². The monoisotopic (exact) mass is 314 g/mol. The first-order chi connectivity index (χ1) is 9.69. The first-order valence-corrected chi connectivity index (χ1v) is 7.60. The largest absolute Gasteiger partial charge is 0.444 e. The summed E-state index contributed by atoms with van der Waals surface area (Å²) in [5.41, 5.74) is -0.00685. The topological polar surface area (TPSA) is 87.7 Å². The molecule has 0 saturated carbocycles. The smallest absolute Gasteiger partial charge is 0.407 e. The van der Waals surface area contributed by atoms with Gasteiger partial charge in [0.1, 0.15) is 5.60 Å². The molecule has 7 heteroatoms. The van der Waals surface area contributed by atoms with E-state index in [0.717, 1.165) is 0 Å². The Morgan fingerprint density at radius 1 is 1.43 bits per heavy atom. The van der Waals surface area contributed by atoms with Crippen LogP contribution in [0.25, 0.3) is 0 Å². The van der Waals surface area contributed by atoms with Gasteiger partial charge < -0.3 is 20.5 Å². The number of carbonyl (C=O) groups excluding carboxylic acids is 2. The molecular weight excluding hydrogens is 292 g/mol. The third-order valence-electron chi connectivity index (χ3n) is 2.45. The van der Waals surface area contributed by atoms with Crippen LogP contribution in [0.5, 0.6) is 0 Å². The maximum Gasteiger partial charge on any atom is 0.407 e. The van der Waals surface area contributed by atoms with E-state index >= 15 is 0 Å². The molecule has 1 rings (SSSR count). The van der Waals surface area contributed by atoms with E-state index in [-0.39, 0.29) is 12.6 Å². The van der Waals surface area contributed by atoms with Crippen LogP contribution in [0.15, 0.2) is 16.8 Å². The summed E-state index contributed by atoms with van der Waals surface area (Å²) in [7, 11) is 0. The molecule has 0 aliphatic heterocycles. The van der Waals surface area contributed by atoms with Gasteiger partial charge in [0.25, 0.3) is 5.91 Å². The average Bonchev–Trinajstić information content (AvgIpc) is 2.86. The Hall–Kier alpha value is -1.60. The van der Waals surface area contributed by atoms with Gasteiger partial charge in [-0.25, -0.2) is 4.79 Å². The van der Waals surface area contributed by atoms with Gasteiger partial charge in [0, 0.05) is 18.2 Å². The van der Waals surface area contributed by atoms with Crippen LogP contribution in [0.1, 0.15) is 39.4 Å². The number of amides is 2. The lowest BCUT2D eigenvalue weighted by atomic mass is 10.2. The number of rotatable bonds is 5.